The molecule has 2 heterocycles. The summed E-state index contributed by atoms with van der Waals surface area (Å²) in [6.45, 7) is -1.93. The first-order valence-corrected chi connectivity index (χ1v) is 8.00. The lowest BCUT2D eigenvalue weighted by atomic mass is 10.1. The summed E-state index contributed by atoms with van der Waals surface area (Å²) in [5.41, 5.74) is 1.67. The van der Waals surface area contributed by atoms with Gasteiger partial charge in [-0.25, -0.2) is 4.79 Å². The van der Waals surface area contributed by atoms with E-state index in [2.05, 4.69) is 0 Å². The Hall–Kier alpha value is -2.55. The number of halogens is 3. The number of nitrogens with one attached hydrogen (secondary N) is 1. The number of para-hydroxylation sites is 1. The Labute approximate surface area is 144 Å². The van der Waals surface area contributed by atoms with E-state index in [0.717, 1.165) is 16.0 Å². The van der Waals surface area contributed by atoms with Gasteiger partial charge in [0.15, 0.2) is 6.61 Å². The molecule has 0 bridgehead atoms. The van der Waals surface area contributed by atoms with Gasteiger partial charge in [-0.2, -0.15) is 13.2 Å². The van der Waals surface area contributed by atoms with Crippen molar-refractivity contribution >= 4 is 23.2 Å². The molecular weight excluding hydrogens is 359 g/mol. The summed E-state index contributed by atoms with van der Waals surface area (Å²) in [5.74, 6) is -1.07. The normalized spacial score (nSPS) is 12.6. The molecule has 0 radical (unpaired) electrons. The molecule has 0 unspecified atom stereocenters. The first-order valence-electron chi connectivity index (χ1n) is 7.19. The number of amides is 1. The minimum atomic E-state index is -4.51. The highest BCUT2D eigenvalue weighted by Crippen LogP contribution is 2.42. The van der Waals surface area contributed by atoms with E-state index in [-0.39, 0.29) is 4.88 Å². The Morgan fingerprint density at radius 1 is 1.28 bits per heavy atom. The molecule has 1 aromatic carbocycles. The van der Waals surface area contributed by atoms with Crippen LogP contribution in [0.5, 0.6) is 5.75 Å². The maximum absolute atomic E-state index is 12.0. The smallest absolute Gasteiger partial charge is 0.405 e. The predicted molar refractivity (Wildman–Crippen MR) is 83.4 cm³/mol. The molecule has 0 fully saturated rings. The summed E-state index contributed by atoms with van der Waals surface area (Å²) in [5, 5.41) is 1.63. The average molecular weight is 371 g/mol. The molecule has 2 aromatic rings. The highest BCUT2D eigenvalue weighted by molar-refractivity contribution is 7.17. The molecular formula is C16H12F3NO4S. The third-order valence-corrected chi connectivity index (χ3v) is 4.54. The second kappa shape index (κ2) is 6.75. The van der Waals surface area contributed by atoms with Gasteiger partial charge in [0.25, 0.3) is 5.91 Å². The molecule has 132 valence electrons. The third-order valence-electron chi connectivity index (χ3n) is 3.35. The molecule has 0 spiro atoms. The van der Waals surface area contributed by atoms with Crippen LogP contribution in [-0.4, -0.2) is 31.2 Å². The lowest BCUT2D eigenvalue weighted by molar-refractivity contribution is -0.140. The summed E-state index contributed by atoms with van der Waals surface area (Å²) < 4.78 is 46.4. The number of fused-ring (bicyclic) bond motifs is 3. The van der Waals surface area contributed by atoms with E-state index in [4.69, 9.17) is 9.47 Å². The quantitative estimate of drug-likeness (QED) is 0.839. The molecule has 0 saturated heterocycles. The SMILES string of the molecule is O=C(COC(=O)c1cc2c(s1)-c1ccccc1OC2)NCC(F)(F)F. The second-order valence-electron chi connectivity index (χ2n) is 5.22. The van der Waals surface area contributed by atoms with Gasteiger partial charge in [0.05, 0.1) is 0 Å². The number of ether oxygens (including phenoxy) is 2. The maximum atomic E-state index is 12.0. The second-order valence-corrected chi connectivity index (χ2v) is 6.27. The molecule has 0 aliphatic carbocycles. The van der Waals surface area contributed by atoms with Gasteiger partial charge in [0, 0.05) is 16.0 Å². The van der Waals surface area contributed by atoms with Gasteiger partial charge < -0.3 is 14.8 Å². The van der Waals surface area contributed by atoms with E-state index in [0.29, 0.717) is 12.4 Å². The topological polar surface area (TPSA) is 64.6 Å². The molecule has 0 saturated carbocycles. The zero-order chi connectivity index (χ0) is 18.0. The Morgan fingerprint density at radius 3 is 2.80 bits per heavy atom. The third kappa shape index (κ3) is 4.11. The van der Waals surface area contributed by atoms with Crippen LogP contribution in [0.1, 0.15) is 15.2 Å². The fourth-order valence-electron chi connectivity index (χ4n) is 2.25. The standard InChI is InChI=1S/C16H12F3NO4S/c17-16(18,19)8-20-13(21)7-24-15(22)12-5-9-6-23-11-4-2-1-3-10(11)14(9)25-12/h1-5H,6-8H2,(H,20,21). The van der Waals surface area contributed by atoms with Crippen LogP contribution in [0.25, 0.3) is 10.4 Å². The molecule has 25 heavy (non-hydrogen) atoms. The number of hydrogen-bond acceptors (Lipinski definition) is 5. The van der Waals surface area contributed by atoms with Crippen molar-refractivity contribution in [1.29, 1.82) is 0 Å². The van der Waals surface area contributed by atoms with Crippen molar-refractivity contribution in [2.75, 3.05) is 13.2 Å². The Balaban J connectivity index is 1.63. The number of rotatable bonds is 4. The van der Waals surface area contributed by atoms with Crippen LogP contribution in [0.3, 0.4) is 0 Å². The van der Waals surface area contributed by atoms with Gasteiger partial charge >= 0.3 is 12.1 Å². The van der Waals surface area contributed by atoms with E-state index in [1.165, 1.54) is 11.3 Å². The van der Waals surface area contributed by atoms with Gasteiger partial charge in [0.1, 0.15) is 23.8 Å². The van der Waals surface area contributed by atoms with Crippen molar-refractivity contribution in [2.24, 2.45) is 0 Å². The van der Waals surface area contributed by atoms with E-state index in [1.54, 1.807) is 11.4 Å². The lowest BCUT2D eigenvalue weighted by Crippen LogP contribution is -2.36. The first kappa shape index (κ1) is 17.3. The van der Waals surface area contributed by atoms with Crippen LogP contribution in [0.4, 0.5) is 13.2 Å². The maximum Gasteiger partial charge on any atom is 0.405 e. The van der Waals surface area contributed by atoms with Crippen molar-refractivity contribution in [2.45, 2.75) is 12.8 Å². The first-order chi connectivity index (χ1) is 11.8. The number of carbonyl (C=O) groups is 2. The predicted octanol–water partition coefficient (Wildman–Crippen LogP) is 3.14. The molecule has 1 aliphatic rings. The van der Waals surface area contributed by atoms with Crippen LogP contribution >= 0.6 is 11.3 Å². The Bertz CT molecular complexity index is 816. The average Bonchev–Trinajstić information content (AvgIpc) is 3.02. The monoisotopic (exact) mass is 371 g/mol. The van der Waals surface area contributed by atoms with Crippen molar-refractivity contribution in [1.82, 2.24) is 5.32 Å². The number of hydrogen-bond donors (Lipinski definition) is 1. The minimum Gasteiger partial charge on any atom is -0.488 e. The van der Waals surface area contributed by atoms with E-state index >= 15 is 0 Å². The summed E-state index contributed by atoms with van der Waals surface area (Å²) in [4.78, 5) is 24.4. The van der Waals surface area contributed by atoms with Crippen LogP contribution in [0, 0.1) is 0 Å². The van der Waals surface area contributed by atoms with Crippen molar-refractivity contribution in [3.05, 3.63) is 40.8 Å². The molecule has 1 aliphatic heterocycles. The van der Waals surface area contributed by atoms with Gasteiger partial charge in [-0.3, -0.25) is 4.79 Å². The summed E-state index contributed by atoms with van der Waals surface area (Å²) in [6, 6.07) is 8.97. The zero-order valence-electron chi connectivity index (χ0n) is 12.7. The van der Waals surface area contributed by atoms with Gasteiger partial charge in [-0.05, 0) is 18.2 Å². The number of alkyl halides is 3. The summed E-state index contributed by atoms with van der Waals surface area (Å²) in [6.07, 6.45) is -4.51. The molecule has 1 amide bonds. The van der Waals surface area contributed by atoms with E-state index in [9.17, 15) is 22.8 Å². The van der Waals surface area contributed by atoms with Crippen LogP contribution < -0.4 is 10.1 Å². The van der Waals surface area contributed by atoms with Crippen LogP contribution in [0.2, 0.25) is 0 Å². The Morgan fingerprint density at radius 2 is 2.04 bits per heavy atom. The molecule has 0 atom stereocenters. The highest BCUT2D eigenvalue weighted by atomic mass is 32.1. The van der Waals surface area contributed by atoms with E-state index in [1.807, 2.05) is 24.3 Å². The molecule has 1 aromatic heterocycles. The summed E-state index contributed by atoms with van der Waals surface area (Å²) in [7, 11) is 0. The zero-order valence-corrected chi connectivity index (χ0v) is 13.5. The fourth-order valence-corrected chi connectivity index (χ4v) is 3.34. The molecule has 9 heteroatoms. The van der Waals surface area contributed by atoms with Crippen LogP contribution in [0.15, 0.2) is 30.3 Å². The number of benzene rings is 1. The van der Waals surface area contributed by atoms with E-state index < -0.39 is 31.2 Å². The number of thiophene rings is 1. The molecule has 1 N–H and O–H groups in total. The Kier molecular flexibility index (Phi) is 4.67. The van der Waals surface area contributed by atoms with Gasteiger partial charge in [0.2, 0.25) is 0 Å². The van der Waals surface area contributed by atoms with Gasteiger partial charge in [-0.1, -0.05) is 12.1 Å². The minimum absolute atomic E-state index is 0.258. The number of carbonyl (C=O) groups excluding carboxylic acids is 2. The summed E-state index contributed by atoms with van der Waals surface area (Å²) >= 11 is 1.19. The van der Waals surface area contributed by atoms with Crippen molar-refractivity contribution in [3.8, 4) is 16.2 Å². The van der Waals surface area contributed by atoms with Gasteiger partial charge in [-0.15, -0.1) is 11.3 Å². The largest absolute Gasteiger partial charge is 0.488 e. The fraction of sp³-hybridized carbons (Fsp3) is 0.250. The highest BCUT2D eigenvalue weighted by Gasteiger charge is 2.28. The number of esters is 1. The van der Waals surface area contributed by atoms with Crippen LogP contribution in [-0.2, 0) is 16.1 Å². The molecule has 5 nitrogen and oxygen atoms in total. The van der Waals surface area contributed by atoms with Crippen molar-refractivity contribution < 1.29 is 32.2 Å². The lowest BCUT2D eigenvalue weighted by Gasteiger charge is -2.16. The molecule has 3 rings (SSSR count). The van der Waals surface area contributed by atoms with Crippen molar-refractivity contribution in [3.63, 3.8) is 0 Å².